The van der Waals surface area contributed by atoms with Gasteiger partial charge < -0.3 is 9.64 Å². The molecule has 7 heteroatoms. The van der Waals surface area contributed by atoms with Gasteiger partial charge in [0.15, 0.2) is 0 Å². The molecule has 0 aliphatic carbocycles. The smallest absolute Gasteiger partial charge is 0.232 e. The summed E-state index contributed by atoms with van der Waals surface area (Å²) in [5, 5.41) is 0. The largest absolute Gasteiger partial charge is 0.495 e. The van der Waals surface area contributed by atoms with Gasteiger partial charge in [0.1, 0.15) is 5.75 Å². The third-order valence-corrected chi connectivity index (χ3v) is 6.17. The molecule has 0 radical (unpaired) electrons. The SMILES string of the molecule is COc1ccccc1N(CCCC(=O)N1CCc2ccccc2C1)S(C)(=O)=O. The molecule has 0 saturated heterocycles. The lowest BCUT2D eigenvalue weighted by Crippen LogP contribution is -2.37. The molecule has 0 atom stereocenters. The zero-order valence-corrected chi connectivity index (χ0v) is 17.1. The maximum absolute atomic E-state index is 12.6. The number of rotatable bonds is 7. The molecule has 2 aromatic carbocycles. The van der Waals surface area contributed by atoms with Crippen molar-refractivity contribution in [3.05, 3.63) is 59.7 Å². The molecule has 1 amide bonds. The van der Waals surface area contributed by atoms with Crippen molar-refractivity contribution < 1.29 is 17.9 Å². The van der Waals surface area contributed by atoms with Crippen LogP contribution in [0.1, 0.15) is 24.0 Å². The number of fused-ring (bicyclic) bond motifs is 1. The Kier molecular flexibility index (Phi) is 6.24. The summed E-state index contributed by atoms with van der Waals surface area (Å²) in [5.74, 6) is 0.551. The monoisotopic (exact) mass is 402 g/mol. The number of carbonyl (C=O) groups is 1. The lowest BCUT2D eigenvalue weighted by molar-refractivity contribution is -0.132. The Morgan fingerprint density at radius 2 is 1.79 bits per heavy atom. The molecule has 0 aromatic heterocycles. The highest BCUT2D eigenvalue weighted by molar-refractivity contribution is 7.92. The summed E-state index contributed by atoms with van der Waals surface area (Å²) in [5.41, 5.74) is 2.98. The van der Waals surface area contributed by atoms with Gasteiger partial charge in [0.25, 0.3) is 0 Å². The van der Waals surface area contributed by atoms with E-state index in [0.717, 1.165) is 6.42 Å². The average Bonchev–Trinajstić information content (AvgIpc) is 2.69. The number of methoxy groups -OCH3 is 1. The molecule has 2 aromatic rings. The van der Waals surface area contributed by atoms with Crippen molar-refractivity contribution >= 4 is 21.6 Å². The van der Waals surface area contributed by atoms with Crippen molar-refractivity contribution in [2.24, 2.45) is 0 Å². The minimum atomic E-state index is -3.48. The fraction of sp³-hybridized carbons (Fsp3) is 0.381. The van der Waals surface area contributed by atoms with Crippen LogP contribution in [0.3, 0.4) is 0 Å². The number of carbonyl (C=O) groups excluding carboxylic acids is 1. The number of para-hydroxylation sites is 2. The topological polar surface area (TPSA) is 66.9 Å². The quantitative estimate of drug-likeness (QED) is 0.714. The first-order chi connectivity index (χ1) is 13.4. The lowest BCUT2D eigenvalue weighted by Gasteiger charge is -2.29. The fourth-order valence-electron chi connectivity index (χ4n) is 3.54. The molecule has 1 heterocycles. The lowest BCUT2D eigenvalue weighted by atomic mass is 9.99. The summed E-state index contributed by atoms with van der Waals surface area (Å²) in [7, 11) is -1.97. The summed E-state index contributed by atoms with van der Waals surface area (Å²) in [6.07, 6.45) is 2.78. The third-order valence-electron chi connectivity index (χ3n) is 4.99. The Morgan fingerprint density at radius 3 is 2.50 bits per heavy atom. The first-order valence-corrected chi connectivity index (χ1v) is 11.2. The van der Waals surface area contributed by atoms with Crippen LogP contribution >= 0.6 is 0 Å². The van der Waals surface area contributed by atoms with Gasteiger partial charge in [-0.25, -0.2) is 8.42 Å². The number of ether oxygens (including phenoxy) is 1. The predicted octanol–water partition coefficient (Wildman–Crippen LogP) is 2.83. The second-order valence-electron chi connectivity index (χ2n) is 6.94. The van der Waals surface area contributed by atoms with Gasteiger partial charge in [-0.1, -0.05) is 36.4 Å². The molecule has 0 bridgehead atoms. The van der Waals surface area contributed by atoms with E-state index in [1.165, 1.54) is 28.8 Å². The van der Waals surface area contributed by atoms with Crippen LogP contribution in [-0.2, 0) is 27.8 Å². The second kappa shape index (κ2) is 8.65. The van der Waals surface area contributed by atoms with E-state index in [0.29, 0.717) is 37.4 Å². The Hall–Kier alpha value is -2.54. The molecule has 0 fully saturated rings. The summed E-state index contributed by atoms with van der Waals surface area (Å²) in [6, 6.07) is 15.2. The van der Waals surface area contributed by atoms with E-state index in [9.17, 15) is 13.2 Å². The molecule has 0 saturated carbocycles. The molecule has 3 rings (SSSR count). The van der Waals surface area contributed by atoms with E-state index in [4.69, 9.17) is 4.74 Å². The first kappa shape index (κ1) is 20.2. The van der Waals surface area contributed by atoms with E-state index in [-0.39, 0.29) is 12.5 Å². The third kappa shape index (κ3) is 4.65. The van der Waals surface area contributed by atoms with E-state index in [2.05, 4.69) is 12.1 Å². The van der Waals surface area contributed by atoms with Crippen LogP contribution in [0.25, 0.3) is 0 Å². The zero-order valence-electron chi connectivity index (χ0n) is 16.3. The van der Waals surface area contributed by atoms with E-state index in [1.54, 1.807) is 24.3 Å². The van der Waals surface area contributed by atoms with Crippen LogP contribution in [-0.4, -0.2) is 45.7 Å². The number of hydrogen-bond acceptors (Lipinski definition) is 4. The number of amides is 1. The highest BCUT2D eigenvalue weighted by atomic mass is 32.2. The van der Waals surface area contributed by atoms with Crippen molar-refractivity contribution in [2.75, 3.05) is 30.8 Å². The molecule has 6 nitrogen and oxygen atoms in total. The summed E-state index contributed by atoms with van der Waals surface area (Å²) >= 11 is 0. The van der Waals surface area contributed by atoms with Gasteiger partial charge in [0.05, 0.1) is 19.1 Å². The molecule has 1 aliphatic heterocycles. The van der Waals surface area contributed by atoms with Crippen molar-refractivity contribution in [1.82, 2.24) is 4.90 Å². The van der Waals surface area contributed by atoms with Gasteiger partial charge >= 0.3 is 0 Å². The molecule has 28 heavy (non-hydrogen) atoms. The van der Waals surface area contributed by atoms with Crippen molar-refractivity contribution in [1.29, 1.82) is 0 Å². The van der Waals surface area contributed by atoms with Gasteiger partial charge in [-0.2, -0.15) is 0 Å². The molecular formula is C21H26N2O4S. The van der Waals surface area contributed by atoms with E-state index >= 15 is 0 Å². The van der Waals surface area contributed by atoms with Crippen LogP contribution in [0.4, 0.5) is 5.69 Å². The van der Waals surface area contributed by atoms with Crippen LogP contribution in [0.5, 0.6) is 5.75 Å². The van der Waals surface area contributed by atoms with Crippen molar-refractivity contribution in [3.8, 4) is 5.75 Å². The highest BCUT2D eigenvalue weighted by Gasteiger charge is 2.23. The van der Waals surface area contributed by atoms with Gasteiger partial charge in [-0.15, -0.1) is 0 Å². The molecule has 0 spiro atoms. The van der Waals surface area contributed by atoms with Crippen LogP contribution in [0, 0.1) is 0 Å². The minimum Gasteiger partial charge on any atom is -0.495 e. The Labute approximate surface area is 166 Å². The Balaban J connectivity index is 1.63. The van der Waals surface area contributed by atoms with Crippen molar-refractivity contribution in [3.63, 3.8) is 0 Å². The van der Waals surface area contributed by atoms with Crippen LogP contribution in [0.2, 0.25) is 0 Å². The van der Waals surface area contributed by atoms with Gasteiger partial charge in [-0.05, 0) is 36.1 Å². The van der Waals surface area contributed by atoms with Crippen LogP contribution in [0.15, 0.2) is 48.5 Å². The Bertz CT molecular complexity index is 943. The maximum atomic E-state index is 12.6. The summed E-state index contributed by atoms with van der Waals surface area (Å²) < 4.78 is 31.2. The maximum Gasteiger partial charge on any atom is 0.232 e. The first-order valence-electron chi connectivity index (χ1n) is 9.35. The molecule has 0 unspecified atom stereocenters. The number of benzene rings is 2. The van der Waals surface area contributed by atoms with Gasteiger partial charge in [0.2, 0.25) is 15.9 Å². The number of sulfonamides is 1. The molecule has 1 aliphatic rings. The van der Waals surface area contributed by atoms with Gasteiger partial charge in [-0.3, -0.25) is 9.10 Å². The zero-order chi connectivity index (χ0) is 20.1. The van der Waals surface area contributed by atoms with E-state index in [1.807, 2.05) is 17.0 Å². The number of nitrogens with zero attached hydrogens (tertiary/aromatic N) is 2. The standard InChI is InChI=1S/C21H26N2O4S/c1-27-20-11-6-5-10-19(20)23(28(2,25)26)14-7-12-21(24)22-15-13-17-8-3-4-9-18(17)16-22/h3-6,8-11H,7,12-16H2,1-2H3. The number of hydrogen-bond donors (Lipinski definition) is 0. The molecule has 0 N–H and O–H groups in total. The van der Waals surface area contributed by atoms with Crippen LogP contribution < -0.4 is 9.04 Å². The Morgan fingerprint density at radius 1 is 1.11 bits per heavy atom. The normalized spacial score (nSPS) is 13.7. The fourth-order valence-corrected chi connectivity index (χ4v) is 4.51. The molecular weight excluding hydrogens is 376 g/mol. The average molecular weight is 403 g/mol. The predicted molar refractivity (Wildman–Crippen MR) is 110 cm³/mol. The highest BCUT2D eigenvalue weighted by Crippen LogP contribution is 2.29. The minimum absolute atomic E-state index is 0.0583. The second-order valence-corrected chi connectivity index (χ2v) is 8.85. The number of anilines is 1. The van der Waals surface area contributed by atoms with E-state index < -0.39 is 10.0 Å². The molecule has 150 valence electrons. The van der Waals surface area contributed by atoms with Crippen molar-refractivity contribution in [2.45, 2.75) is 25.8 Å². The summed E-state index contributed by atoms with van der Waals surface area (Å²) in [6.45, 7) is 1.56. The summed E-state index contributed by atoms with van der Waals surface area (Å²) in [4.78, 5) is 14.5. The van der Waals surface area contributed by atoms with Gasteiger partial charge in [0, 0.05) is 26.1 Å².